The zero-order chi connectivity index (χ0) is 13.8. The number of hydrogen-bond donors (Lipinski definition) is 0. The number of halogens is 1. The molecule has 0 unspecified atom stereocenters. The van der Waals surface area contributed by atoms with E-state index in [0.29, 0.717) is 17.3 Å². The molecule has 2 aromatic rings. The molecule has 19 heavy (non-hydrogen) atoms. The molecule has 0 atom stereocenters. The predicted molar refractivity (Wildman–Crippen MR) is 69.3 cm³/mol. The molecule has 0 N–H and O–H groups in total. The van der Waals surface area contributed by atoms with Crippen molar-refractivity contribution in [2.75, 3.05) is 0 Å². The molecule has 0 aliphatic rings. The fourth-order valence-electron chi connectivity index (χ4n) is 1.80. The van der Waals surface area contributed by atoms with Gasteiger partial charge in [-0.2, -0.15) is 5.10 Å². The Labute approximate surface area is 111 Å². The summed E-state index contributed by atoms with van der Waals surface area (Å²) >= 11 is 0. The Hall–Kier alpha value is -2.04. The van der Waals surface area contributed by atoms with Crippen molar-refractivity contribution in [3.8, 4) is 0 Å². The van der Waals surface area contributed by atoms with Crippen LogP contribution >= 0.6 is 0 Å². The van der Waals surface area contributed by atoms with Gasteiger partial charge >= 0.3 is 0 Å². The lowest BCUT2D eigenvalue weighted by atomic mass is 10.1. The predicted octanol–water partition coefficient (Wildman–Crippen LogP) is 2.50. The first kappa shape index (κ1) is 13.4. The summed E-state index contributed by atoms with van der Waals surface area (Å²) in [5.41, 5.74) is 0.487. The van der Waals surface area contributed by atoms with E-state index >= 15 is 0 Å². The number of hydrogen-bond acceptors (Lipinski definition) is 3. The number of ketones is 1. The Bertz CT molecular complexity index is 560. The molecule has 0 saturated heterocycles. The van der Waals surface area contributed by atoms with Crippen LogP contribution in [0, 0.1) is 11.7 Å². The summed E-state index contributed by atoms with van der Waals surface area (Å²) in [4.78, 5) is 16.2. The smallest absolute Gasteiger partial charge is 0.170 e. The van der Waals surface area contributed by atoms with Crippen LogP contribution in [-0.2, 0) is 13.0 Å². The van der Waals surface area contributed by atoms with Crippen LogP contribution in [0.25, 0.3) is 0 Å². The van der Waals surface area contributed by atoms with Crippen LogP contribution in [-0.4, -0.2) is 20.5 Å². The van der Waals surface area contributed by atoms with Crippen molar-refractivity contribution in [2.24, 2.45) is 5.92 Å². The van der Waals surface area contributed by atoms with Gasteiger partial charge in [-0.15, -0.1) is 0 Å². The number of carbonyl (C=O) groups is 1. The average molecular weight is 261 g/mol. The Morgan fingerprint density at radius 3 is 2.63 bits per heavy atom. The fourth-order valence-corrected chi connectivity index (χ4v) is 1.80. The summed E-state index contributed by atoms with van der Waals surface area (Å²) in [5.74, 6) is 0.641. The molecule has 0 aliphatic heterocycles. The highest BCUT2D eigenvalue weighted by atomic mass is 19.1. The molecule has 0 amide bonds. The van der Waals surface area contributed by atoms with E-state index < -0.39 is 0 Å². The Kier molecular flexibility index (Phi) is 4.04. The molecule has 100 valence electrons. The van der Waals surface area contributed by atoms with Crippen LogP contribution in [0.15, 0.2) is 30.6 Å². The van der Waals surface area contributed by atoms with E-state index in [1.165, 1.54) is 30.6 Å². The summed E-state index contributed by atoms with van der Waals surface area (Å²) < 4.78 is 14.5. The minimum Gasteiger partial charge on any atom is -0.294 e. The first-order valence-corrected chi connectivity index (χ1v) is 6.21. The summed E-state index contributed by atoms with van der Waals surface area (Å²) in [6, 6.07) is 5.54. The van der Waals surface area contributed by atoms with Crippen molar-refractivity contribution >= 4 is 5.78 Å². The molecule has 0 saturated carbocycles. The number of nitrogens with zero attached hydrogens (tertiary/aromatic N) is 3. The average Bonchev–Trinajstić information content (AvgIpc) is 2.76. The molecule has 1 aromatic carbocycles. The lowest BCUT2D eigenvalue weighted by Gasteiger charge is -2.08. The van der Waals surface area contributed by atoms with Gasteiger partial charge < -0.3 is 0 Å². The number of rotatable bonds is 5. The summed E-state index contributed by atoms with van der Waals surface area (Å²) in [6.07, 6.45) is 1.63. The van der Waals surface area contributed by atoms with Gasteiger partial charge in [0.15, 0.2) is 5.78 Å². The summed E-state index contributed by atoms with van der Waals surface area (Å²) in [6.45, 7) is 4.88. The second-order valence-electron chi connectivity index (χ2n) is 4.86. The zero-order valence-corrected chi connectivity index (χ0v) is 11.0. The standard InChI is InChI=1S/C14H16FN3O/c1-10(2)8-18-14(16-9-17-18)7-13(19)11-3-5-12(15)6-4-11/h3-6,9-10H,7-8H2,1-2H3. The molecule has 1 heterocycles. The largest absolute Gasteiger partial charge is 0.294 e. The van der Waals surface area contributed by atoms with Crippen LogP contribution in [0.4, 0.5) is 4.39 Å². The normalized spacial score (nSPS) is 10.9. The van der Waals surface area contributed by atoms with Gasteiger partial charge in [0.1, 0.15) is 18.0 Å². The van der Waals surface area contributed by atoms with E-state index in [1.54, 1.807) is 4.68 Å². The maximum atomic E-state index is 12.8. The van der Waals surface area contributed by atoms with Gasteiger partial charge in [-0.3, -0.25) is 4.79 Å². The van der Waals surface area contributed by atoms with Crippen molar-refractivity contribution in [2.45, 2.75) is 26.8 Å². The van der Waals surface area contributed by atoms with Crippen molar-refractivity contribution in [1.29, 1.82) is 0 Å². The van der Waals surface area contributed by atoms with Crippen molar-refractivity contribution in [3.63, 3.8) is 0 Å². The highest BCUT2D eigenvalue weighted by molar-refractivity contribution is 5.97. The van der Waals surface area contributed by atoms with Gasteiger partial charge in [-0.05, 0) is 30.2 Å². The molecular weight excluding hydrogens is 245 g/mol. The number of aromatic nitrogens is 3. The van der Waals surface area contributed by atoms with Crippen molar-refractivity contribution < 1.29 is 9.18 Å². The van der Waals surface area contributed by atoms with Crippen LogP contribution < -0.4 is 0 Å². The zero-order valence-electron chi connectivity index (χ0n) is 11.0. The van der Waals surface area contributed by atoms with Crippen molar-refractivity contribution in [3.05, 3.63) is 47.8 Å². The van der Waals surface area contributed by atoms with Crippen LogP contribution in [0.3, 0.4) is 0 Å². The van der Waals surface area contributed by atoms with Gasteiger partial charge in [-0.1, -0.05) is 13.8 Å². The van der Waals surface area contributed by atoms with Gasteiger partial charge in [0.25, 0.3) is 0 Å². The van der Waals surface area contributed by atoms with Crippen molar-refractivity contribution in [1.82, 2.24) is 14.8 Å². The van der Waals surface area contributed by atoms with E-state index in [1.807, 2.05) is 0 Å². The molecule has 0 aliphatic carbocycles. The van der Waals surface area contributed by atoms with E-state index in [4.69, 9.17) is 0 Å². The first-order valence-electron chi connectivity index (χ1n) is 6.21. The Balaban J connectivity index is 2.10. The van der Waals surface area contributed by atoms with E-state index in [-0.39, 0.29) is 18.0 Å². The minimum absolute atomic E-state index is 0.0852. The fraction of sp³-hybridized carbons (Fsp3) is 0.357. The quantitative estimate of drug-likeness (QED) is 0.777. The van der Waals surface area contributed by atoms with Crippen LogP contribution in [0.2, 0.25) is 0 Å². The molecule has 5 heteroatoms. The highest BCUT2D eigenvalue weighted by Gasteiger charge is 2.13. The molecule has 0 bridgehead atoms. The van der Waals surface area contributed by atoms with Crippen LogP contribution in [0.5, 0.6) is 0 Å². The third-order valence-corrected chi connectivity index (χ3v) is 2.72. The Morgan fingerprint density at radius 2 is 2.00 bits per heavy atom. The third-order valence-electron chi connectivity index (χ3n) is 2.72. The molecular formula is C14H16FN3O. The van der Waals surface area contributed by atoms with E-state index in [9.17, 15) is 9.18 Å². The molecule has 2 rings (SSSR count). The highest BCUT2D eigenvalue weighted by Crippen LogP contribution is 2.08. The summed E-state index contributed by atoms with van der Waals surface area (Å²) in [7, 11) is 0. The molecule has 0 radical (unpaired) electrons. The van der Waals surface area contributed by atoms with E-state index in [0.717, 1.165) is 6.54 Å². The number of carbonyl (C=O) groups excluding carboxylic acids is 1. The minimum atomic E-state index is -0.348. The molecule has 0 fully saturated rings. The number of Topliss-reactive ketones (excluding diaryl/α,β-unsaturated/α-hetero) is 1. The molecule has 0 spiro atoms. The first-order chi connectivity index (χ1) is 9.06. The number of benzene rings is 1. The maximum absolute atomic E-state index is 12.8. The van der Waals surface area contributed by atoms with Crippen LogP contribution in [0.1, 0.15) is 30.0 Å². The molecule has 1 aromatic heterocycles. The summed E-state index contributed by atoms with van der Waals surface area (Å²) in [5, 5.41) is 4.11. The lowest BCUT2D eigenvalue weighted by Crippen LogP contribution is -2.14. The Morgan fingerprint density at radius 1 is 1.32 bits per heavy atom. The SMILES string of the molecule is CC(C)Cn1ncnc1CC(=O)c1ccc(F)cc1. The van der Waals surface area contributed by atoms with Gasteiger partial charge in [0.2, 0.25) is 0 Å². The van der Waals surface area contributed by atoms with Gasteiger partial charge in [0, 0.05) is 12.1 Å². The van der Waals surface area contributed by atoms with Gasteiger partial charge in [0.05, 0.1) is 6.42 Å². The lowest BCUT2D eigenvalue weighted by molar-refractivity contribution is 0.0989. The monoisotopic (exact) mass is 261 g/mol. The maximum Gasteiger partial charge on any atom is 0.170 e. The second-order valence-corrected chi connectivity index (χ2v) is 4.86. The van der Waals surface area contributed by atoms with Gasteiger partial charge in [-0.25, -0.2) is 14.1 Å². The molecule has 4 nitrogen and oxygen atoms in total. The topological polar surface area (TPSA) is 47.8 Å². The second kappa shape index (κ2) is 5.73. The van der Waals surface area contributed by atoms with E-state index in [2.05, 4.69) is 23.9 Å². The third kappa shape index (κ3) is 3.47.